The second kappa shape index (κ2) is 8.46. The maximum atomic E-state index is 13.4. The maximum Gasteiger partial charge on any atom is 0.255 e. The molecule has 0 radical (unpaired) electrons. The zero-order valence-corrected chi connectivity index (χ0v) is 17.8. The van der Waals surface area contributed by atoms with Gasteiger partial charge in [-0.2, -0.15) is 0 Å². The largest absolute Gasteiger partial charge is 0.338 e. The number of likely N-dealkylation sites (tertiary alicyclic amines) is 1. The van der Waals surface area contributed by atoms with Gasteiger partial charge in [0.15, 0.2) is 0 Å². The van der Waals surface area contributed by atoms with E-state index in [1.807, 2.05) is 29.2 Å². The van der Waals surface area contributed by atoms with Crippen LogP contribution in [0, 0.1) is 17.2 Å². The Morgan fingerprint density at radius 1 is 1.24 bits per heavy atom. The van der Waals surface area contributed by atoms with Crippen molar-refractivity contribution in [2.24, 2.45) is 11.3 Å². The summed E-state index contributed by atoms with van der Waals surface area (Å²) >= 11 is 1.63. The molecule has 2 atom stereocenters. The fraction of sp³-hybridized carbons (Fsp3) is 0.435. The molecule has 0 bridgehead atoms. The van der Waals surface area contributed by atoms with Gasteiger partial charge in [0.2, 0.25) is 0 Å². The second-order valence-electron chi connectivity index (χ2n) is 8.52. The van der Waals surface area contributed by atoms with Gasteiger partial charge in [-0.3, -0.25) is 4.79 Å². The first-order chi connectivity index (χ1) is 14.0. The zero-order valence-electron chi connectivity index (χ0n) is 17.0. The highest BCUT2D eigenvalue weighted by Gasteiger charge is 2.51. The molecular formula is C23H28FN3OS. The molecule has 2 heterocycles. The molecule has 0 aromatic heterocycles. The maximum absolute atomic E-state index is 13.4. The summed E-state index contributed by atoms with van der Waals surface area (Å²) in [7, 11) is 4.21. The summed E-state index contributed by atoms with van der Waals surface area (Å²) in [6.07, 6.45) is 0. The van der Waals surface area contributed by atoms with Gasteiger partial charge >= 0.3 is 0 Å². The van der Waals surface area contributed by atoms with E-state index >= 15 is 0 Å². The van der Waals surface area contributed by atoms with E-state index in [1.165, 1.54) is 12.1 Å². The number of thioether (sulfide) groups is 1. The molecule has 2 aliphatic rings. The van der Waals surface area contributed by atoms with E-state index in [0.29, 0.717) is 11.7 Å². The van der Waals surface area contributed by atoms with Crippen molar-refractivity contribution in [3.8, 4) is 0 Å². The van der Waals surface area contributed by atoms with Gasteiger partial charge in [0.25, 0.3) is 5.91 Å². The number of rotatable bonds is 6. The highest BCUT2D eigenvalue weighted by atomic mass is 32.2. The summed E-state index contributed by atoms with van der Waals surface area (Å²) in [5, 5.41) is 3.53. The van der Waals surface area contributed by atoms with Crippen LogP contribution in [0.3, 0.4) is 0 Å². The van der Waals surface area contributed by atoms with E-state index in [1.54, 1.807) is 23.9 Å². The first kappa shape index (κ1) is 20.4. The Labute approximate surface area is 176 Å². The third kappa shape index (κ3) is 4.34. The number of hydrogen-bond donors (Lipinski definition) is 1. The van der Waals surface area contributed by atoms with Crippen LogP contribution in [0.25, 0.3) is 0 Å². The second-order valence-corrected chi connectivity index (χ2v) is 9.54. The molecule has 2 fully saturated rings. The Balaban J connectivity index is 1.49. The molecule has 1 N–H and O–H groups in total. The molecule has 4 nitrogen and oxygen atoms in total. The predicted octanol–water partition coefficient (Wildman–Crippen LogP) is 3.34. The Bertz CT molecular complexity index is 873. The number of carbonyl (C=O) groups excluding carboxylic acids is 1. The minimum absolute atomic E-state index is 0.125. The van der Waals surface area contributed by atoms with Crippen LogP contribution in [0.15, 0.2) is 53.4 Å². The van der Waals surface area contributed by atoms with Gasteiger partial charge in [-0.25, -0.2) is 4.39 Å². The minimum Gasteiger partial charge on any atom is -0.338 e. The van der Waals surface area contributed by atoms with Gasteiger partial charge in [-0.05, 0) is 49.8 Å². The lowest BCUT2D eigenvalue weighted by molar-refractivity contribution is 0.0760. The van der Waals surface area contributed by atoms with Crippen molar-refractivity contribution in [3.05, 3.63) is 65.5 Å². The van der Waals surface area contributed by atoms with Crippen LogP contribution in [-0.4, -0.2) is 62.5 Å². The molecular weight excluding hydrogens is 385 g/mol. The van der Waals surface area contributed by atoms with E-state index in [0.717, 1.165) is 48.7 Å². The number of halogens is 1. The summed E-state index contributed by atoms with van der Waals surface area (Å²) in [5.74, 6) is 1.12. The third-order valence-corrected chi connectivity index (χ3v) is 7.17. The molecule has 2 saturated heterocycles. The lowest BCUT2D eigenvalue weighted by Crippen LogP contribution is -2.42. The van der Waals surface area contributed by atoms with Crippen LogP contribution >= 0.6 is 11.8 Å². The summed E-state index contributed by atoms with van der Waals surface area (Å²) < 4.78 is 13.1. The Kier molecular flexibility index (Phi) is 5.95. The standard InChI is InChI=1S/C23H28FN3OS/c1-26(2)15-23-14-25-11-18(23)12-27(16-23)22(28)20-5-3-4-6-21(20)29-13-17-7-9-19(24)10-8-17/h3-10,18,25H,11-16H2,1-2H3. The quantitative estimate of drug-likeness (QED) is 0.737. The molecule has 2 aromatic carbocycles. The lowest BCUT2D eigenvalue weighted by Gasteiger charge is -2.31. The van der Waals surface area contributed by atoms with Gasteiger partial charge in [-0.15, -0.1) is 11.8 Å². The van der Waals surface area contributed by atoms with Crippen LogP contribution in [0.4, 0.5) is 4.39 Å². The number of nitrogens with zero attached hydrogens (tertiary/aromatic N) is 2. The van der Waals surface area contributed by atoms with Gasteiger partial charge in [0, 0.05) is 48.8 Å². The average molecular weight is 414 g/mol. The van der Waals surface area contributed by atoms with Crippen LogP contribution in [0.5, 0.6) is 0 Å². The Morgan fingerprint density at radius 2 is 2.00 bits per heavy atom. The average Bonchev–Trinajstić information content (AvgIpc) is 3.23. The smallest absolute Gasteiger partial charge is 0.255 e. The molecule has 0 aliphatic carbocycles. The molecule has 1 amide bonds. The van der Waals surface area contributed by atoms with Crippen molar-refractivity contribution < 1.29 is 9.18 Å². The molecule has 2 unspecified atom stereocenters. The van der Waals surface area contributed by atoms with E-state index in [4.69, 9.17) is 0 Å². The van der Waals surface area contributed by atoms with Crippen molar-refractivity contribution in [3.63, 3.8) is 0 Å². The Hall–Kier alpha value is -1.89. The number of fused-ring (bicyclic) bond motifs is 1. The number of amides is 1. The normalized spacial score (nSPS) is 23.6. The predicted molar refractivity (Wildman–Crippen MR) is 116 cm³/mol. The van der Waals surface area contributed by atoms with Crippen molar-refractivity contribution in [1.29, 1.82) is 0 Å². The van der Waals surface area contributed by atoms with Crippen molar-refractivity contribution in [2.75, 3.05) is 46.8 Å². The van der Waals surface area contributed by atoms with Crippen LogP contribution < -0.4 is 5.32 Å². The number of carbonyl (C=O) groups is 1. The van der Waals surface area contributed by atoms with E-state index < -0.39 is 0 Å². The highest BCUT2D eigenvalue weighted by Crippen LogP contribution is 2.40. The SMILES string of the molecule is CN(C)CC12CNCC1CN(C(=O)c1ccccc1SCc1ccc(F)cc1)C2. The molecule has 0 spiro atoms. The van der Waals surface area contributed by atoms with Crippen molar-refractivity contribution >= 4 is 17.7 Å². The van der Waals surface area contributed by atoms with Gasteiger partial charge in [-0.1, -0.05) is 24.3 Å². The van der Waals surface area contributed by atoms with Gasteiger partial charge in [0.05, 0.1) is 5.56 Å². The van der Waals surface area contributed by atoms with E-state index in [-0.39, 0.29) is 17.1 Å². The number of hydrogen-bond acceptors (Lipinski definition) is 4. The van der Waals surface area contributed by atoms with Crippen molar-refractivity contribution in [1.82, 2.24) is 15.1 Å². The summed E-state index contributed by atoms with van der Waals surface area (Å²) in [6.45, 7) is 4.57. The molecule has 154 valence electrons. The van der Waals surface area contributed by atoms with E-state index in [2.05, 4.69) is 24.3 Å². The fourth-order valence-corrected chi connectivity index (χ4v) is 5.71. The van der Waals surface area contributed by atoms with Gasteiger partial charge < -0.3 is 15.1 Å². The van der Waals surface area contributed by atoms with Gasteiger partial charge in [0.1, 0.15) is 5.82 Å². The molecule has 29 heavy (non-hydrogen) atoms. The molecule has 0 saturated carbocycles. The minimum atomic E-state index is -0.227. The molecule has 4 rings (SSSR count). The third-order valence-electron chi connectivity index (χ3n) is 6.02. The highest BCUT2D eigenvalue weighted by molar-refractivity contribution is 7.98. The van der Waals surface area contributed by atoms with E-state index in [9.17, 15) is 9.18 Å². The van der Waals surface area contributed by atoms with Crippen LogP contribution in [0.2, 0.25) is 0 Å². The Morgan fingerprint density at radius 3 is 2.76 bits per heavy atom. The summed E-state index contributed by atoms with van der Waals surface area (Å²) in [5.41, 5.74) is 1.97. The molecule has 6 heteroatoms. The summed E-state index contributed by atoms with van der Waals surface area (Å²) in [4.78, 5) is 18.7. The summed E-state index contributed by atoms with van der Waals surface area (Å²) in [6, 6.07) is 14.4. The molecule has 2 aliphatic heterocycles. The lowest BCUT2D eigenvalue weighted by atomic mass is 9.80. The van der Waals surface area contributed by atoms with Crippen LogP contribution in [0.1, 0.15) is 15.9 Å². The topological polar surface area (TPSA) is 35.6 Å². The molecule has 2 aromatic rings. The number of benzene rings is 2. The first-order valence-corrected chi connectivity index (χ1v) is 11.1. The van der Waals surface area contributed by atoms with Crippen LogP contribution in [-0.2, 0) is 5.75 Å². The monoisotopic (exact) mass is 413 g/mol. The fourth-order valence-electron chi connectivity index (χ4n) is 4.71. The van der Waals surface area contributed by atoms with Crippen molar-refractivity contribution in [2.45, 2.75) is 10.6 Å². The first-order valence-electron chi connectivity index (χ1n) is 10.1. The zero-order chi connectivity index (χ0) is 20.4. The number of nitrogens with one attached hydrogen (secondary N) is 1.